The molecular weight excluding hydrogens is 394 g/mol. The molecule has 5 nitrogen and oxygen atoms in total. The van der Waals surface area contributed by atoms with Crippen LogP contribution in [0.4, 0.5) is 5.82 Å². The number of aromatic nitrogens is 2. The first-order chi connectivity index (χ1) is 11.6. The largest absolute Gasteiger partial charge is 0.463 e. The van der Waals surface area contributed by atoms with Gasteiger partial charge in [0.15, 0.2) is 0 Å². The molecule has 0 aliphatic rings. The number of halogens is 2. The molecule has 0 radical (unpaired) electrons. The molecule has 0 saturated carbocycles. The van der Waals surface area contributed by atoms with E-state index in [0.29, 0.717) is 33.0 Å². The van der Waals surface area contributed by atoms with E-state index >= 15 is 0 Å². The third kappa shape index (κ3) is 2.14. The lowest BCUT2D eigenvalue weighted by molar-refractivity contribution is 0.619. The highest BCUT2D eigenvalue weighted by Gasteiger charge is 2.18. The van der Waals surface area contributed by atoms with Gasteiger partial charge in [-0.25, -0.2) is 4.79 Å². The molecule has 0 aliphatic heterocycles. The van der Waals surface area contributed by atoms with Gasteiger partial charge in [0, 0.05) is 16.9 Å². The standard InChI is InChI=1S/C17H11BrClN3O2/c1-20-16-14-13(8-11(19)9-6-7-24-15(9)14)22(17(23)21-16)12-5-3-2-4-10(12)18/h2-8H,1H3,(H,20,21,23). The molecule has 7 heteroatoms. The van der Waals surface area contributed by atoms with Crippen molar-refractivity contribution >= 4 is 55.2 Å². The van der Waals surface area contributed by atoms with E-state index in [1.54, 1.807) is 25.4 Å². The molecule has 1 N–H and O–H groups in total. The summed E-state index contributed by atoms with van der Waals surface area (Å²) >= 11 is 9.89. The molecule has 0 fully saturated rings. The van der Waals surface area contributed by atoms with E-state index in [1.807, 2.05) is 24.3 Å². The number of nitrogens with zero attached hydrogens (tertiary/aromatic N) is 2. The summed E-state index contributed by atoms with van der Waals surface area (Å²) in [5.41, 5.74) is 1.50. The molecule has 2 heterocycles. The van der Waals surface area contributed by atoms with Gasteiger partial charge in [-0.05, 0) is 40.2 Å². The molecule has 2 aromatic carbocycles. The Morgan fingerprint density at radius 3 is 2.83 bits per heavy atom. The second-order valence-electron chi connectivity index (χ2n) is 5.20. The number of anilines is 1. The molecule has 120 valence electrons. The number of hydrogen-bond acceptors (Lipinski definition) is 4. The zero-order chi connectivity index (χ0) is 16.8. The van der Waals surface area contributed by atoms with Crippen molar-refractivity contribution in [2.75, 3.05) is 12.4 Å². The molecular formula is C17H11BrClN3O2. The zero-order valence-corrected chi connectivity index (χ0v) is 14.9. The van der Waals surface area contributed by atoms with Crippen LogP contribution in [0.25, 0.3) is 27.6 Å². The van der Waals surface area contributed by atoms with E-state index in [9.17, 15) is 4.79 Å². The molecule has 24 heavy (non-hydrogen) atoms. The highest BCUT2D eigenvalue weighted by Crippen LogP contribution is 2.36. The van der Waals surface area contributed by atoms with Crippen LogP contribution in [0.1, 0.15) is 0 Å². The minimum atomic E-state index is -0.402. The summed E-state index contributed by atoms with van der Waals surface area (Å²) in [6.45, 7) is 0. The lowest BCUT2D eigenvalue weighted by atomic mass is 10.1. The fraction of sp³-hybridized carbons (Fsp3) is 0.0588. The van der Waals surface area contributed by atoms with Crippen molar-refractivity contribution in [3.8, 4) is 5.69 Å². The first kappa shape index (κ1) is 15.2. The second kappa shape index (κ2) is 5.65. The maximum Gasteiger partial charge on any atom is 0.354 e. The Morgan fingerprint density at radius 2 is 2.08 bits per heavy atom. The number of rotatable bonds is 2. The summed E-state index contributed by atoms with van der Waals surface area (Å²) in [5.74, 6) is 0.454. The molecule has 0 bridgehead atoms. The second-order valence-corrected chi connectivity index (χ2v) is 6.46. The van der Waals surface area contributed by atoms with Crippen molar-refractivity contribution in [3.63, 3.8) is 0 Å². The number of para-hydroxylation sites is 1. The van der Waals surface area contributed by atoms with Crippen LogP contribution < -0.4 is 11.0 Å². The van der Waals surface area contributed by atoms with Crippen molar-refractivity contribution in [2.24, 2.45) is 0 Å². The van der Waals surface area contributed by atoms with Gasteiger partial charge in [0.05, 0.1) is 27.9 Å². The average Bonchev–Trinajstić information content (AvgIpc) is 3.05. The van der Waals surface area contributed by atoms with Gasteiger partial charge in [0.2, 0.25) is 0 Å². The number of hydrogen-bond donors (Lipinski definition) is 1. The third-order valence-electron chi connectivity index (χ3n) is 3.88. The van der Waals surface area contributed by atoms with E-state index < -0.39 is 5.69 Å². The number of fused-ring (bicyclic) bond motifs is 3. The van der Waals surface area contributed by atoms with E-state index in [2.05, 4.69) is 26.2 Å². The molecule has 0 saturated heterocycles. The molecule has 4 aromatic rings. The fourth-order valence-electron chi connectivity index (χ4n) is 2.83. The van der Waals surface area contributed by atoms with Gasteiger partial charge in [-0.2, -0.15) is 4.98 Å². The van der Waals surface area contributed by atoms with Crippen LogP contribution in [0.3, 0.4) is 0 Å². The SMILES string of the molecule is CNc1nc(=O)n(-c2ccccc2Br)c2cc(Cl)c3ccoc3c12. The number of furan rings is 1. The van der Waals surface area contributed by atoms with Crippen LogP contribution in [-0.2, 0) is 0 Å². The van der Waals surface area contributed by atoms with Crippen molar-refractivity contribution in [1.29, 1.82) is 0 Å². The summed E-state index contributed by atoms with van der Waals surface area (Å²) in [6, 6.07) is 11.0. The minimum Gasteiger partial charge on any atom is -0.463 e. The van der Waals surface area contributed by atoms with Crippen LogP contribution >= 0.6 is 27.5 Å². The van der Waals surface area contributed by atoms with Crippen LogP contribution in [0.2, 0.25) is 5.02 Å². The van der Waals surface area contributed by atoms with Gasteiger partial charge >= 0.3 is 5.69 Å². The Kier molecular flexibility index (Phi) is 3.58. The van der Waals surface area contributed by atoms with Crippen molar-refractivity contribution in [3.05, 3.63) is 62.6 Å². The Hall–Kier alpha value is -2.31. The Labute approximate surface area is 150 Å². The van der Waals surface area contributed by atoms with Crippen LogP contribution in [0.5, 0.6) is 0 Å². The highest BCUT2D eigenvalue weighted by atomic mass is 79.9. The summed E-state index contributed by atoms with van der Waals surface area (Å²) in [7, 11) is 1.72. The summed E-state index contributed by atoms with van der Waals surface area (Å²) < 4.78 is 7.93. The first-order valence-corrected chi connectivity index (χ1v) is 8.34. The van der Waals surface area contributed by atoms with Crippen LogP contribution in [0, 0.1) is 0 Å². The zero-order valence-electron chi connectivity index (χ0n) is 12.5. The third-order valence-corrected chi connectivity index (χ3v) is 4.86. The highest BCUT2D eigenvalue weighted by molar-refractivity contribution is 9.10. The molecule has 0 aliphatic carbocycles. The van der Waals surface area contributed by atoms with E-state index in [-0.39, 0.29) is 0 Å². The maximum atomic E-state index is 12.7. The summed E-state index contributed by atoms with van der Waals surface area (Å²) in [6.07, 6.45) is 1.57. The minimum absolute atomic E-state index is 0.402. The predicted octanol–water partition coefficient (Wildman–Crippen LogP) is 4.59. The van der Waals surface area contributed by atoms with Crippen LogP contribution in [-0.4, -0.2) is 16.6 Å². The predicted molar refractivity (Wildman–Crippen MR) is 99.4 cm³/mol. The smallest absolute Gasteiger partial charge is 0.354 e. The lowest BCUT2D eigenvalue weighted by Gasteiger charge is -2.14. The Morgan fingerprint density at radius 1 is 1.29 bits per heavy atom. The number of nitrogens with one attached hydrogen (secondary N) is 1. The molecule has 0 atom stereocenters. The van der Waals surface area contributed by atoms with Crippen molar-refractivity contribution in [1.82, 2.24) is 9.55 Å². The van der Waals surface area contributed by atoms with Gasteiger partial charge in [-0.1, -0.05) is 23.7 Å². The monoisotopic (exact) mass is 403 g/mol. The van der Waals surface area contributed by atoms with E-state index in [1.165, 1.54) is 4.57 Å². The Bertz CT molecular complexity index is 1150. The quantitative estimate of drug-likeness (QED) is 0.531. The van der Waals surface area contributed by atoms with Gasteiger partial charge in [-0.15, -0.1) is 0 Å². The van der Waals surface area contributed by atoms with Gasteiger partial charge in [0.25, 0.3) is 0 Å². The summed E-state index contributed by atoms with van der Waals surface area (Å²) in [5, 5.41) is 4.96. The molecule has 0 amide bonds. The van der Waals surface area contributed by atoms with Gasteiger partial charge in [0.1, 0.15) is 11.4 Å². The van der Waals surface area contributed by atoms with E-state index in [4.69, 9.17) is 16.0 Å². The summed E-state index contributed by atoms with van der Waals surface area (Å²) in [4.78, 5) is 16.8. The van der Waals surface area contributed by atoms with Crippen molar-refractivity contribution in [2.45, 2.75) is 0 Å². The normalized spacial score (nSPS) is 11.3. The molecule has 0 spiro atoms. The topological polar surface area (TPSA) is 60.1 Å². The molecule has 2 aromatic heterocycles. The maximum absolute atomic E-state index is 12.7. The van der Waals surface area contributed by atoms with Gasteiger partial charge < -0.3 is 9.73 Å². The van der Waals surface area contributed by atoms with Crippen molar-refractivity contribution < 1.29 is 4.42 Å². The number of benzene rings is 2. The molecule has 0 unspecified atom stereocenters. The first-order valence-electron chi connectivity index (χ1n) is 7.17. The molecule has 4 rings (SSSR count). The lowest BCUT2D eigenvalue weighted by Crippen LogP contribution is -2.23. The van der Waals surface area contributed by atoms with Gasteiger partial charge in [-0.3, -0.25) is 4.57 Å². The average molecular weight is 405 g/mol. The Balaban J connectivity index is 2.27. The van der Waals surface area contributed by atoms with Crippen LogP contribution in [0.15, 0.2) is 56.3 Å². The fourth-order valence-corrected chi connectivity index (χ4v) is 3.55. The van der Waals surface area contributed by atoms with E-state index in [0.717, 1.165) is 9.86 Å².